The molecule has 8 nitrogen and oxygen atoms in total. The number of nitrogens with zero attached hydrogens (tertiary/aromatic N) is 2. The van der Waals surface area contributed by atoms with Gasteiger partial charge in [-0.15, -0.1) is 0 Å². The minimum Gasteiger partial charge on any atom is -0.321 e. The van der Waals surface area contributed by atoms with E-state index >= 15 is 0 Å². The van der Waals surface area contributed by atoms with Gasteiger partial charge in [0.1, 0.15) is 5.69 Å². The summed E-state index contributed by atoms with van der Waals surface area (Å²) < 4.78 is 25.4. The van der Waals surface area contributed by atoms with E-state index in [2.05, 4.69) is 15.1 Å². The molecule has 1 heterocycles. The second-order valence-corrected chi connectivity index (χ2v) is 5.32. The lowest BCUT2D eigenvalue weighted by molar-refractivity contribution is 0.101. The number of carbonyl (C=O) groups excluding carboxylic acids is 1. The van der Waals surface area contributed by atoms with Gasteiger partial charge >= 0.3 is 0 Å². The first-order valence-corrected chi connectivity index (χ1v) is 7.10. The van der Waals surface area contributed by atoms with Crippen LogP contribution in [0.2, 0.25) is 0 Å². The molecule has 1 aromatic carbocycles. The fourth-order valence-corrected chi connectivity index (χ4v) is 2.07. The second-order valence-electron chi connectivity index (χ2n) is 4.02. The van der Waals surface area contributed by atoms with Crippen LogP contribution >= 0.6 is 0 Å². The van der Waals surface area contributed by atoms with Crippen LogP contribution in [0.15, 0.2) is 36.5 Å². The van der Waals surface area contributed by atoms with Crippen molar-refractivity contribution in [3.63, 3.8) is 0 Å². The summed E-state index contributed by atoms with van der Waals surface area (Å²) >= 11 is 0. The van der Waals surface area contributed by atoms with E-state index in [1.165, 1.54) is 23.0 Å². The number of aryl methyl sites for hydroxylation is 1. The molecule has 106 valence electrons. The summed E-state index contributed by atoms with van der Waals surface area (Å²) in [4.78, 5) is 12.0. The standard InChI is InChI=1S/C11H13N5O3S/c1-16-10(5-6-13-16)11(17)14-8-3-2-4-9(7-8)15-20(12,18)19/h2-7,15H,1H3,(H,14,17)(H2,12,18,19). The fraction of sp³-hybridized carbons (Fsp3) is 0.0909. The van der Waals surface area contributed by atoms with E-state index in [4.69, 9.17) is 5.14 Å². The summed E-state index contributed by atoms with van der Waals surface area (Å²) in [6.07, 6.45) is 1.51. The average molecular weight is 295 g/mol. The second kappa shape index (κ2) is 5.31. The van der Waals surface area contributed by atoms with Crippen molar-refractivity contribution in [2.45, 2.75) is 0 Å². The van der Waals surface area contributed by atoms with Crippen molar-refractivity contribution in [1.82, 2.24) is 9.78 Å². The number of carbonyl (C=O) groups is 1. The topological polar surface area (TPSA) is 119 Å². The average Bonchev–Trinajstić information content (AvgIpc) is 2.73. The molecule has 0 atom stereocenters. The molecule has 0 saturated heterocycles. The fourth-order valence-electron chi connectivity index (χ4n) is 1.62. The Bertz CT molecular complexity index is 738. The summed E-state index contributed by atoms with van der Waals surface area (Å²) in [5, 5.41) is 11.4. The summed E-state index contributed by atoms with van der Waals surface area (Å²) in [6.45, 7) is 0. The zero-order chi connectivity index (χ0) is 14.8. The van der Waals surface area contributed by atoms with Gasteiger partial charge in [0.2, 0.25) is 0 Å². The first-order chi connectivity index (χ1) is 9.35. The maximum atomic E-state index is 12.0. The molecule has 0 bridgehead atoms. The maximum Gasteiger partial charge on any atom is 0.296 e. The number of hydrogen-bond acceptors (Lipinski definition) is 4. The van der Waals surface area contributed by atoms with Gasteiger partial charge < -0.3 is 5.32 Å². The minimum absolute atomic E-state index is 0.260. The van der Waals surface area contributed by atoms with Crippen LogP contribution in [0.4, 0.5) is 11.4 Å². The Kier molecular flexibility index (Phi) is 3.72. The van der Waals surface area contributed by atoms with Gasteiger partial charge in [-0.25, -0.2) is 5.14 Å². The number of rotatable bonds is 4. The van der Waals surface area contributed by atoms with Gasteiger partial charge in [-0.05, 0) is 24.3 Å². The quantitative estimate of drug-likeness (QED) is 0.750. The maximum absolute atomic E-state index is 12.0. The van der Waals surface area contributed by atoms with Crippen LogP contribution in [0.5, 0.6) is 0 Å². The van der Waals surface area contributed by atoms with Gasteiger partial charge in [-0.2, -0.15) is 13.5 Å². The molecule has 1 amide bonds. The van der Waals surface area contributed by atoms with E-state index in [0.29, 0.717) is 11.4 Å². The predicted octanol–water partition coefficient (Wildman–Crippen LogP) is 0.288. The molecule has 0 saturated carbocycles. The molecule has 0 aliphatic carbocycles. The zero-order valence-corrected chi connectivity index (χ0v) is 11.4. The Balaban J connectivity index is 2.16. The van der Waals surface area contributed by atoms with Crippen LogP contribution in [0.3, 0.4) is 0 Å². The van der Waals surface area contributed by atoms with Gasteiger partial charge in [-0.1, -0.05) is 6.07 Å². The number of nitrogens with two attached hydrogens (primary N) is 1. The summed E-state index contributed by atoms with van der Waals surface area (Å²) in [6, 6.07) is 7.76. The van der Waals surface area contributed by atoms with E-state index < -0.39 is 10.2 Å². The molecule has 20 heavy (non-hydrogen) atoms. The highest BCUT2D eigenvalue weighted by Gasteiger charge is 2.10. The molecule has 0 aliphatic heterocycles. The van der Waals surface area contributed by atoms with Gasteiger partial charge in [0, 0.05) is 18.9 Å². The zero-order valence-electron chi connectivity index (χ0n) is 10.6. The summed E-state index contributed by atoms with van der Waals surface area (Å²) in [7, 11) is -2.20. The molecule has 1 aromatic heterocycles. The normalized spacial score (nSPS) is 11.1. The van der Waals surface area contributed by atoms with Crippen LogP contribution in [0.1, 0.15) is 10.5 Å². The minimum atomic E-state index is -3.85. The smallest absolute Gasteiger partial charge is 0.296 e. The first-order valence-electron chi connectivity index (χ1n) is 5.55. The Morgan fingerprint density at radius 3 is 2.60 bits per heavy atom. The number of anilines is 2. The van der Waals surface area contributed by atoms with Crippen LogP contribution in [-0.2, 0) is 17.3 Å². The largest absolute Gasteiger partial charge is 0.321 e. The highest BCUT2D eigenvalue weighted by Crippen LogP contribution is 2.16. The monoisotopic (exact) mass is 295 g/mol. The van der Waals surface area contributed by atoms with E-state index in [-0.39, 0.29) is 11.6 Å². The van der Waals surface area contributed by atoms with Gasteiger partial charge in [0.05, 0.1) is 5.69 Å². The highest BCUT2D eigenvalue weighted by atomic mass is 32.2. The third kappa shape index (κ3) is 3.56. The SMILES string of the molecule is Cn1nccc1C(=O)Nc1cccc(NS(N)(=O)=O)c1. The Labute approximate surface area is 115 Å². The van der Waals surface area contributed by atoms with Crippen molar-refractivity contribution in [2.75, 3.05) is 10.0 Å². The third-order valence-corrected chi connectivity index (χ3v) is 2.95. The van der Waals surface area contributed by atoms with Crippen molar-refractivity contribution < 1.29 is 13.2 Å². The Morgan fingerprint density at radius 1 is 1.30 bits per heavy atom. The Morgan fingerprint density at radius 2 is 2.00 bits per heavy atom. The number of amides is 1. The van der Waals surface area contributed by atoms with Crippen LogP contribution < -0.4 is 15.2 Å². The van der Waals surface area contributed by atoms with Gasteiger partial charge in [0.25, 0.3) is 16.1 Å². The van der Waals surface area contributed by atoms with Crippen LogP contribution in [-0.4, -0.2) is 24.1 Å². The van der Waals surface area contributed by atoms with E-state index in [0.717, 1.165) is 0 Å². The van der Waals surface area contributed by atoms with E-state index in [1.807, 2.05) is 0 Å². The van der Waals surface area contributed by atoms with Crippen molar-refractivity contribution in [3.05, 3.63) is 42.2 Å². The van der Waals surface area contributed by atoms with Crippen molar-refractivity contribution in [3.8, 4) is 0 Å². The molecular weight excluding hydrogens is 282 g/mol. The van der Waals surface area contributed by atoms with Crippen molar-refractivity contribution in [1.29, 1.82) is 0 Å². The molecule has 9 heteroatoms. The molecule has 4 N–H and O–H groups in total. The molecule has 0 spiro atoms. The Hall–Kier alpha value is -2.39. The molecule has 2 aromatic rings. The number of aromatic nitrogens is 2. The van der Waals surface area contributed by atoms with Crippen molar-refractivity contribution >= 4 is 27.5 Å². The van der Waals surface area contributed by atoms with Crippen LogP contribution in [0.25, 0.3) is 0 Å². The summed E-state index contributed by atoms with van der Waals surface area (Å²) in [5.74, 6) is -0.349. The molecule has 0 radical (unpaired) electrons. The molecule has 0 fully saturated rings. The molecule has 2 rings (SSSR count). The van der Waals surface area contributed by atoms with Gasteiger partial charge in [-0.3, -0.25) is 14.2 Å². The summed E-state index contributed by atoms with van der Waals surface area (Å²) in [5.41, 5.74) is 1.08. The lowest BCUT2D eigenvalue weighted by Gasteiger charge is -2.08. The molecule has 0 aliphatic rings. The number of nitrogens with one attached hydrogen (secondary N) is 2. The van der Waals surface area contributed by atoms with Crippen molar-refractivity contribution in [2.24, 2.45) is 12.2 Å². The number of hydrogen-bond donors (Lipinski definition) is 3. The lowest BCUT2D eigenvalue weighted by Crippen LogP contribution is -2.22. The molecule has 0 unspecified atom stereocenters. The number of benzene rings is 1. The third-order valence-electron chi connectivity index (χ3n) is 2.43. The van der Waals surface area contributed by atoms with Crippen LogP contribution in [0, 0.1) is 0 Å². The first kappa shape index (κ1) is 14.0. The predicted molar refractivity (Wildman–Crippen MR) is 74.3 cm³/mol. The van der Waals surface area contributed by atoms with E-state index in [9.17, 15) is 13.2 Å². The lowest BCUT2D eigenvalue weighted by atomic mass is 10.2. The molecular formula is C11H13N5O3S. The van der Waals surface area contributed by atoms with Gasteiger partial charge in [0.15, 0.2) is 0 Å². The van der Waals surface area contributed by atoms with E-state index in [1.54, 1.807) is 25.2 Å². The highest BCUT2D eigenvalue weighted by molar-refractivity contribution is 7.90.